The van der Waals surface area contributed by atoms with Gasteiger partial charge in [-0.25, -0.2) is 0 Å². The molecule has 7 nitrogen and oxygen atoms in total. The third kappa shape index (κ3) is 2.07. The summed E-state index contributed by atoms with van der Waals surface area (Å²) in [6, 6.07) is 0.878. The van der Waals surface area contributed by atoms with Gasteiger partial charge in [-0.2, -0.15) is 0 Å². The van der Waals surface area contributed by atoms with Gasteiger partial charge in [0.15, 0.2) is 0 Å². The zero-order valence-corrected chi connectivity index (χ0v) is 10.1. The summed E-state index contributed by atoms with van der Waals surface area (Å²) in [5.41, 5.74) is -0.908. The number of nitro groups is 2. The van der Waals surface area contributed by atoms with E-state index < -0.39 is 21.2 Å². The fraction of sp³-hybridized carbons (Fsp3) is 0.143. The number of benzene rings is 1. The van der Waals surface area contributed by atoms with Crippen LogP contribution in [0.1, 0.15) is 0 Å². The second-order valence-electron chi connectivity index (χ2n) is 2.59. The van der Waals surface area contributed by atoms with Crippen LogP contribution in [0, 0.1) is 20.2 Å². The van der Waals surface area contributed by atoms with Gasteiger partial charge >= 0.3 is 11.4 Å². The fourth-order valence-corrected chi connectivity index (χ4v) is 2.18. The van der Waals surface area contributed by atoms with Crippen LogP contribution in [-0.2, 0) is 0 Å². The molecule has 0 radical (unpaired) electrons. The van der Waals surface area contributed by atoms with E-state index in [-0.39, 0.29) is 15.2 Å². The van der Waals surface area contributed by atoms with E-state index in [0.717, 1.165) is 6.07 Å². The van der Waals surface area contributed by atoms with E-state index in [0.29, 0.717) is 0 Å². The van der Waals surface area contributed by atoms with Crippen molar-refractivity contribution < 1.29 is 14.6 Å². The molecule has 86 valence electrons. The van der Waals surface area contributed by atoms with Crippen molar-refractivity contribution in [3.8, 4) is 5.75 Å². The van der Waals surface area contributed by atoms with Crippen molar-refractivity contribution in [3.63, 3.8) is 0 Å². The molecular weight excluding hydrogens is 307 g/mol. The summed E-state index contributed by atoms with van der Waals surface area (Å²) < 4.78 is 4.58. The molecule has 0 aliphatic carbocycles. The highest BCUT2D eigenvalue weighted by molar-refractivity contribution is 9.10. The smallest absolute Gasteiger partial charge is 0.314 e. The van der Waals surface area contributed by atoms with E-state index in [9.17, 15) is 20.2 Å². The van der Waals surface area contributed by atoms with Crippen LogP contribution < -0.4 is 4.74 Å². The Morgan fingerprint density at radius 2 is 1.94 bits per heavy atom. The van der Waals surface area contributed by atoms with Crippen molar-refractivity contribution in [2.24, 2.45) is 0 Å². The molecule has 1 rings (SSSR count). The zero-order chi connectivity index (χ0) is 12.5. The highest BCUT2D eigenvalue weighted by atomic mass is 79.9. The number of nitrogens with zero attached hydrogens (tertiary/aromatic N) is 2. The third-order valence-corrected chi connectivity index (χ3v) is 2.74. The van der Waals surface area contributed by atoms with Gasteiger partial charge in [-0.05, 0) is 15.9 Å². The third-order valence-electron chi connectivity index (χ3n) is 1.71. The average molecular weight is 311 g/mol. The van der Waals surface area contributed by atoms with Crippen LogP contribution in [-0.4, -0.2) is 17.0 Å². The van der Waals surface area contributed by atoms with Gasteiger partial charge in [0.1, 0.15) is 9.50 Å². The number of methoxy groups -OCH3 is 1. The molecule has 1 aromatic carbocycles. The predicted molar refractivity (Wildman–Crippen MR) is 59.0 cm³/mol. The van der Waals surface area contributed by atoms with Gasteiger partial charge in [0, 0.05) is 6.07 Å². The van der Waals surface area contributed by atoms with Crippen LogP contribution in [0.5, 0.6) is 5.75 Å². The van der Waals surface area contributed by atoms with Crippen LogP contribution in [0.3, 0.4) is 0 Å². The molecule has 9 heteroatoms. The van der Waals surface area contributed by atoms with Crippen LogP contribution in [0.2, 0.25) is 5.02 Å². The second-order valence-corrected chi connectivity index (χ2v) is 3.79. The molecule has 0 aliphatic rings. The van der Waals surface area contributed by atoms with Crippen molar-refractivity contribution in [1.29, 1.82) is 0 Å². The van der Waals surface area contributed by atoms with Crippen molar-refractivity contribution in [2.45, 2.75) is 0 Å². The molecule has 0 atom stereocenters. The Kier molecular flexibility index (Phi) is 3.66. The Bertz CT molecular complexity index is 478. The van der Waals surface area contributed by atoms with Gasteiger partial charge in [0.25, 0.3) is 0 Å². The molecule has 0 aromatic heterocycles. The van der Waals surface area contributed by atoms with Gasteiger partial charge in [-0.1, -0.05) is 11.6 Å². The standard InChI is InChI=1S/C7H4BrClN2O5/c1-16-7-4(10(12)13)2-3(9)6(5(7)8)11(14)15/h2H,1H3. The van der Waals surface area contributed by atoms with Crippen LogP contribution in [0.15, 0.2) is 10.5 Å². The number of ether oxygens (including phenoxy) is 1. The molecule has 0 spiro atoms. The first-order chi connectivity index (χ1) is 7.40. The lowest BCUT2D eigenvalue weighted by atomic mass is 10.2. The van der Waals surface area contributed by atoms with Gasteiger partial charge < -0.3 is 4.74 Å². The number of halogens is 2. The Morgan fingerprint density at radius 1 is 1.38 bits per heavy atom. The second kappa shape index (κ2) is 4.62. The molecular formula is C7H4BrClN2O5. The first-order valence-corrected chi connectivity index (χ1v) is 4.92. The highest BCUT2D eigenvalue weighted by Gasteiger charge is 2.29. The maximum Gasteiger partial charge on any atom is 0.314 e. The van der Waals surface area contributed by atoms with Crippen molar-refractivity contribution in [2.75, 3.05) is 7.11 Å². The lowest BCUT2D eigenvalue weighted by Crippen LogP contribution is -1.99. The zero-order valence-electron chi connectivity index (χ0n) is 7.77. The van der Waals surface area contributed by atoms with Crippen molar-refractivity contribution in [3.05, 3.63) is 35.8 Å². The lowest BCUT2D eigenvalue weighted by Gasteiger charge is -2.05. The lowest BCUT2D eigenvalue weighted by molar-refractivity contribution is -0.390. The summed E-state index contributed by atoms with van der Waals surface area (Å²) in [6.45, 7) is 0. The summed E-state index contributed by atoms with van der Waals surface area (Å²) in [5, 5.41) is 21.0. The summed E-state index contributed by atoms with van der Waals surface area (Å²) >= 11 is 8.43. The molecule has 0 heterocycles. The molecule has 16 heavy (non-hydrogen) atoms. The molecule has 0 aliphatic heterocycles. The van der Waals surface area contributed by atoms with E-state index in [1.807, 2.05) is 0 Å². The summed E-state index contributed by atoms with van der Waals surface area (Å²) in [6.07, 6.45) is 0. The molecule has 0 fully saturated rings. The highest BCUT2D eigenvalue weighted by Crippen LogP contribution is 2.45. The maximum absolute atomic E-state index is 10.7. The number of hydrogen-bond acceptors (Lipinski definition) is 5. The molecule has 1 aromatic rings. The summed E-state index contributed by atoms with van der Waals surface area (Å²) in [7, 11) is 1.17. The van der Waals surface area contributed by atoms with Crippen LogP contribution in [0.4, 0.5) is 11.4 Å². The molecule has 0 saturated heterocycles. The minimum atomic E-state index is -0.751. The predicted octanol–water partition coefficient (Wildman–Crippen LogP) is 2.93. The van der Waals surface area contributed by atoms with Gasteiger partial charge in [0.05, 0.1) is 17.0 Å². The largest absolute Gasteiger partial charge is 0.489 e. The number of hydrogen-bond donors (Lipinski definition) is 0. The van der Waals surface area contributed by atoms with Crippen molar-refractivity contribution >= 4 is 38.9 Å². The average Bonchev–Trinajstić information content (AvgIpc) is 2.16. The van der Waals surface area contributed by atoms with E-state index in [4.69, 9.17) is 16.3 Å². The molecule has 0 bridgehead atoms. The minimum absolute atomic E-state index is 0.154. The summed E-state index contributed by atoms with van der Waals surface area (Å²) in [4.78, 5) is 19.8. The SMILES string of the molecule is COc1c([N+](=O)[O-])cc(Cl)c([N+](=O)[O-])c1Br. The topological polar surface area (TPSA) is 95.5 Å². The Labute approximate surface area is 102 Å². The first kappa shape index (κ1) is 12.7. The van der Waals surface area contributed by atoms with E-state index >= 15 is 0 Å². The van der Waals surface area contributed by atoms with Crippen molar-refractivity contribution in [1.82, 2.24) is 0 Å². The van der Waals surface area contributed by atoms with Crippen LogP contribution >= 0.6 is 27.5 Å². The Hall–Kier alpha value is -1.41. The summed E-state index contributed by atoms with van der Waals surface area (Å²) in [5.74, 6) is -0.235. The molecule has 0 N–H and O–H groups in total. The van der Waals surface area contributed by atoms with Gasteiger partial charge in [-0.3, -0.25) is 20.2 Å². The Balaban J connectivity index is 3.62. The Morgan fingerprint density at radius 3 is 2.31 bits per heavy atom. The quantitative estimate of drug-likeness (QED) is 0.631. The molecule has 0 saturated carbocycles. The first-order valence-electron chi connectivity index (χ1n) is 3.75. The molecule has 0 amide bonds. The normalized spacial score (nSPS) is 9.94. The van der Waals surface area contributed by atoms with Crippen LogP contribution in [0.25, 0.3) is 0 Å². The maximum atomic E-state index is 10.7. The van der Waals surface area contributed by atoms with Gasteiger partial charge in [0.2, 0.25) is 5.75 Å². The molecule has 0 unspecified atom stereocenters. The van der Waals surface area contributed by atoms with E-state index in [1.165, 1.54) is 7.11 Å². The van der Waals surface area contributed by atoms with E-state index in [2.05, 4.69) is 15.9 Å². The number of nitro benzene ring substituents is 2. The minimum Gasteiger partial charge on any atom is -0.489 e. The number of rotatable bonds is 3. The van der Waals surface area contributed by atoms with Gasteiger partial charge in [-0.15, -0.1) is 0 Å². The van der Waals surface area contributed by atoms with E-state index in [1.54, 1.807) is 0 Å². The fourth-order valence-electron chi connectivity index (χ4n) is 1.08. The monoisotopic (exact) mass is 310 g/mol.